The lowest BCUT2D eigenvalue weighted by Crippen LogP contribution is -2.15. The first-order valence-electron chi connectivity index (χ1n) is 23.5. The topological polar surface area (TPSA) is 18.5 Å². The van der Waals surface area contributed by atoms with Crippen LogP contribution in [0.15, 0.2) is 60.7 Å². The van der Waals surface area contributed by atoms with Crippen LogP contribution in [0.2, 0.25) is 0 Å². The highest BCUT2D eigenvalue weighted by Gasteiger charge is 2.29. The van der Waals surface area contributed by atoms with Crippen LogP contribution in [0.5, 0.6) is 11.5 Å². The van der Waals surface area contributed by atoms with Crippen molar-refractivity contribution in [2.45, 2.75) is 160 Å². The average molecular weight is 885 g/mol. The maximum Gasteiger partial charge on any atom is 0.248 e. The zero-order chi connectivity index (χ0) is 44.9. The van der Waals surface area contributed by atoms with Gasteiger partial charge in [0.25, 0.3) is 0 Å². The van der Waals surface area contributed by atoms with Gasteiger partial charge in [-0.1, -0.05) is 102 Å². The van der Waals surface area contributed by atoms with Crippen molar-refractivity contribution >= 4 is 0 Å². The molecule has 2 saturated carbocycles. The van der Waals surface area contributed by atoms with E-state index in [1.54, 1.807) is 24.3 Å². The highest BCUT2D eigenvalue weighted by molar-refractivity contribution is 5.67. The number of rotatable bonds is 22. The third kappa shape index (κ3) is 13.5. The second-order valence-corrected chi connectivity index (χ2v) is 18.4. The molecule has 0 amide bonds. The Morgan fingerprint density at radius 2 is 0.778 bits per heavy atom. The molecule has 0 heterocycles. The van der Waals surface area contributed by atoms with Crippen molar-refractivity contribution in [2.24, 2.45) is 11.8 Å². The quantitative estimate of drug-likeness (QED) is 0.0578. The number of ether oxygens (including phenoxy) is 2. The minimum atomic E-state index is -2.71. The fourth-order valence-corrected chi connectivity index (χ4v) is 9.46. The highest BCUT2D eigenvalue weighted by Crippen LogP contribution is 2.41. The van der Waals surface area contributed by atoms with E-state index in [4.69, 9.17) is 9.47 Å². The van der Waals surface area contributed by atoms with Crippen molar-refractivity contribution in [3.63, 3.8) is 0 Å². The molecule has 2 fully saturated rings. The lowest BCUT2D eigenvalue weighted by Gasteiger charge is -2.27. The monoisotopic (exact) mass is 884 g/mol. The Bertz CT molecular complexity index is 1920. The molecule has 0 radical (unpaired) electrons. The number of benzene rings is 4. The van der Waals surface area contributed by atoms with E-state index in [2.05, 4.69) is 13.8 Å². The molecule has 0 N–H and O–H groups in total. The number of hydrogen-bond donors (Lipinski definition) is 0. The van der Waals surface area contributed by atoms with Gasteiger partial charge in [0, 0.05) is 47.2 Å². The van der Waals surface area contributed by atoms with Gasteiger partial charge in [0.15, 0.2) is 23.3 Å². The summed E-state index contributed by atoms with van der Waals surface area (Å²) in [5, 5.41) is 0. The number of unbranched alkanes of at least 4 members (excludes halogenated alkanes) is 8. The van der Waals surface area contributed by atoms with Crippen molar-refractivity contribution in [3.05, 3.63) is 107 Å². The Morgan fingerprint density at radius 1 is 0.429 bits per heavy atom. The van der Waals surface area contributed by atoms with Gasteiger partial charge >= 0.3 is 0 Å². The first-order valence-corrected chi connectivity index (χ1v) is 23.5. The Hall–Kier alpha value is -4.08. The number of alkyl halides is 2. The summed E-state index contributed by atoms with van der Waals surface area (Å²) in [5.74, 6) is -6.26. The molecule has 4 aromatic rings. The lowest BCUT2D eigenvalue weighted by molar-refractivity contribution is -0.0207. The lowest BCUT2D eigenvalue weighted by atomic mass is 9.79. The molecule has 0 saturated heterocycles. The Morgan fingerprint density at radius 3 is 1.16 bits per heavy atom. The van der Waals surface area contributed by atoms with Gasteiger partial charge in [0.2, 0.25) is 5.92 Å². The van der Waals surface area contributed by atoms with E-state index in [1.807, 2.05) is 0 Å². The van der Waals surface area contributed by atoms with Crippen LogP contribution in [0.3, 0.4) is 0 Å². The molecule has 2 aliphatic carbocycles. The summed E-state index contributed by atoms with van der Waals surface area (Å²) in [6.07, 6.45) is 13.5. The summed E-state index contributed by atoms with van der Waals surface area (Å²) in [4.78, 5) is 0. The molecule has 0 bridgehead atoms. The highest BCUT2D eigenvalue weighted by atomic mass is 19.3. The third-order valence-electron chi connectivity index (χ3n) is 13.5. The third-order valence-corrected chi connectivity index (χ3v) is 13.5. The summed E-state index contributed by atoms with van der Waals surface area (Å²) >= 11 is 0. The van der Waals surface area contributed by atoms with Crippen LogP contribution in [0.1, 0.15) is 165 Å². The molecule has 2 nitrogen and oxygen atoms in total. The van der Waals surface area contributed by atoms with Crippen molar-refractivity contribution in [1.82, 2.24) is 0 Å². The zero-order valence-electron chi connectivity index (χ0n) is 37.0. The summed E-state index contributed by atoms with van der Waals surface area (Å²) in [6, 6.07) is 14.4. The SMILES string of the molecule is CC1CCC(c2ccc(-c3ccc(OCCCCCCCC(F)(F)CCCCCCCOc4ccc(-c5ccc(C6CCC(C)CC6)c(F)c5F)c(F)c4)cc3F)c(F)c2F)CC1. The van der Waals surface area contributed by atoms with Gasteiger partial charge in [-0.05, 0) is 110 Å². The molecular formula is C53H64F8O2. The van der Waals surface area contributed by atoms with Crippen molar-refractivity contribution in [2.75, 3.05) is 13.2 Å². The van der Waals surface area contributed by atoms with Crippen LogP contribution >= 0.6 is 0 Å². The summed E-state index contributed by atoms with van der Waals surface area (Å²) in [6.45, 7) is 4.98. The molecule has 4 aromatic carbocycles. The number of hydrogen-bond acceptors (Lipinski definition) is 2. The molecule has 2 aliphatic rings. The normalized spacial score (nSPS) is 19.3. The maximum absolute atomic E-state index is 15.1. The molecular weight excluding hydrogens is 821 g/mol. The van der Waals surface area contributed by atoms with Crippen LogP contribution < -0.4 is 9.47 Å². The van der Waals surface area contributed by atoms with E-state index in [9.17, 15) is 8.78 Å². The van der Waals surface area contributed by atoms with E-state index in [0.717, 1.165) is 77.0 Å². The second-order valence-electron chi connectivity index (χ2n) is 18.4. The molecule has 0 atom stereocenters. The fourth-order valence-electron chi connectivity index (χ4n) is 9.46. The smallest absolute Gasteiger partial charge is 0.248 e. The van der Waals surface area contributed by atoms with Crippen LogP contribution in [-0.4, -0.2) is 19.1 Å². The largest absolute Gasteiger partial charge is 0.493 e. The first-order chi connectivity index (χ1) is 30.3. The van der Waals surface area contributed by atoms with Crippen molar-refractivity contribution in [1.29, 1.82) is 0 Å². The predicted molar refractivity (Wildman–Crippen MR) is 236 cm³/mol. The van der Waals surface area contributed by atoms with Gasteiger partial charge in [0.1, 0.15) is 23.1 Å². The molecule has 0 aliphatic heterocycles. The van der Waals surface area contributed by atoms with E-state index < -0.39 is 40.8 Å². The molecule has 63 heavy (non-hydrogen) atoms. The van der Waals surface area contributed by atoms with Crippen LogP contribution in [0, 0.1) is 46.7 Å². The summed E-state index contributed by atoms with van der Waals surface area (Å²) < 4.78 is 131. The van der Waals surface area contributed by atoms with Gasteiger partial charge in [-0.3, -0.25) is 0 Å². The van der Waals surface area contributed by atoms with E-state index in [1.165, 1.54) is 36.4 Å². The number of halogens is 8. The Balaban J connectivity index is 0.793. The summed E-state index contributed by atoms with van der Waals surface area (Å²) in [5.41, 5.74) is 0.452. The Labute approximate surface area is 369 Å². The average Bonchev–Trinajstić information content (AvgIpc) is 3.26. The van der Waals surface area contributed by atoms with Gasteiger partial charge < -0.3 is 9.47 Å². The van der Waals surface area contributed by atoms with Crippen molar-refractivity contribution in [3.8, 4) is 33.8 Å². The second kappa shape index (κ2) is 23.2. The first kappa shape index (κ1) is 48.4. The van der Waals surface area contributed by atoms with Gasteiger partial charge in [-0.2, -0.15) is 0 Å². The van der Waals surface area contributed by atoms with Crippen LogP contribution in [-0.2, 0) is 0 Å². The van der Waals surface area contributed by atoms with E-state index in [-0.39, 0.29) is 58.4 Å². The van der Waals surface area contributed by atoms with Gasteiger partial charge in [-0.25, -0.2) is 35.1 Å². The zero-order valence-corrected chi connectivity index (χ0v) is 37.0. The molecule has 6 rings (SSSR count). The molecule has 10 heteroatoms. The van der Waals surface area contributed by atoms with E-state index in [0.29, 0.717) is 74.7 Å². The summed E-state index contributed by atoms with van der Waals surface area (Å²) in [7, 11) is 0. The van der Waals surface area contributed by atoms with Crippen molar-refractivity contribution < 1.29 is 44.6 Å². The predicted octanol–water partition coefficient (Wildman–Crippen LogP) is 17.2. The van der Waals surface area contributed by atoms with Crippen LogP contribution in [0.4, 0.5) is 35.1 Å². The standard InChI is InChI=1S/C53H64F8O2/c1-35-13-17-37(18-14-35)41-25-27-45(51(58)49(41)56)43-23-21-39(33-47(43)54)62-31-11-7-3-5-9-29-53(60,61)30-10-6-4-8-12-32-63-40-22-24-44(48(55)34-40)46-28-26-42(50(57)52(46)59)38-19-15-36(2)16-20-38/h21-28,33-38H,3-20,29-32H2,1-2H3. The van der Waals surface area contributed by atoms with Gasteiger partial charge in [0.05, 0.1) is 13.2 Å². The Kier molecular flexibility index (Phi) is 17.8. The molecule has 0 spiro atoms. The molecule has 344 valence electrons. The fraction of sp³-hybridized carbons (Fsp3) is 0.547. The van der Waals surface area contributed by atoms with E-state index >= 15 is 26.3 Å². The van der Waals surface area contributed by atoms with Gasteiger partial charge in [-0.15, -0.1) is 0 Å². The minimum absolute atomic E-state index is 0.0229. The molecule has 0 unspecified atom stereocenters. The minimum Gasteiger partial charge on any atom is -0.493 e. The molecule has 0 aromatic heterocycles. The maximum atomic E-state index is 15.1. The van der Waals surface area contributed by atoms with Crippen LogP contribution in [0.25, 0.3) is 22.3 Å².